The fourth-order valence-corrected chi connectivity index (χ4v) is 8.47. The number of fused-ring (bicyclic) bond motifs is 1. The summed E-state index contributed by atoms with van der Waals surface area (Å²) >= 11 is 0. The monoisotopic (exact) mass is 815 g/mol. The number of phenolic OH excluding ortho intramolecular Hbond substituents is 1. The van der Waals surface area contributed by atoms with Crippen LogP contribution in [-0.4, -0.2) is 19.6 Å². The maximum Gasteiger partial charge on any atom is 0.149 e. The van der Waals surface area contributed by atoms with Crippen LogP contribution in [0, 0.1) is 0 Å². The van der Waals surface area contributed by atoms with Crippen molar-refractivity contribution in [2.24, 2.45) is 0 Å². The van der Waals surface area contributed by atoms with Crippen molar-refractivity contribution in [1.82, 2.24) is 14.5 Å². The maximum atomic E-state index is 12.5. The summed E-state index contributed by atoms with van der Waals surface area (Å²) in [6, 6.07) is 49.9. The molecule has 0 aliphatic heterocycles. The van der Waals surface area contributed by atoms with Crippen molar-refractivity contribution in [3.8, 4) is 67.5 Å². The van der Waals surface area contributed by atoms with Crippen LogP contribution in [0.3, 0.4) is 0 Å². The Labute approximate surface area is 369 Å². The van der Waals surface area contributed by atoms with Crippen LogP contribution in [0.1, 0.15) is 105 Å². The molecule has 0 radical (unpaired) electrons. The lowest BCUT2D eigenvalue weighted by atomic mass is 9.78. The van der Waals surface area contributed by atoms with Gasteiger partial charge in [0.1, 0.15) is 11.6 Å². The highest BCUT2D eigenvalue weighted by molar-refractivity contribution is 5.97. The zero-order valence-electron chi connectivity index (χ0n) is 38.6. The molecule has 0 atom stereocenters. The summed E-state index contributed by atoms with van der Waals surface area (Å²) in [7, 11) is 0. The van der Waals surface area contributed by atoms with Gasteiger partial charge in [0.2, 0.25) is 0 Å². The lowest BCUT2D eigenvalue weighted by Crippen LogP contribution is -2.18. The Morgan fingerprint density at radius 1 is 0.435 bits per heavy atom. The molecule has 4 nitrogen and oxygen atoms in total. The highest BCUT2D eigenvalue weighted by atomic mass is 16.3. The van der Waals surface area contributed by atoms with Gasteiger partial charge in [-0.05, 0) is 115 Å². The first-order valence-corrected chi connectivity index (χ1v) is 22.0. The number of nitrogens with zero attached hydrogens (tertiary/aromatic N) is 3. The minimum atomic E-state index is -0.314. The molecule has 2 heterocycles. The van der Waals surface area contributed by atoms with Gasteiger partial charge in [0.15, 0.2) is 0 Å². The van der Waals surface area contributed by atoms with Gasteiger partial charge >= 0.3 is 0 Å². The third-order valence-corrected chi connectivity index (χ3v) is 12.1. The molecule has 0 aliphatic carbocycles. The van der Waals surface area contributed by atoms with Crippen LogP contribution in [0.25, 0.3) is 72.7 Å². The van der Waals surface area contributed by atoms with Gasteiger partial charge in [0, 0.05) is 22.9 Å². The lowest BCUT2D eigenvalue weighted by molar-refractivity contribution is 0.446. The number of hydrogen-bond acceptors (Lipinski definition) is 3. The van der Waals surface area contributed by atoms with Gasteiger partial charge in [0.25, 0.3) is 0 Å². The zero-order chi connectivity index (χ0) is 44.4. The van der Waals surface area contributed by atoms with Gasteiger partial charge in [-0.3, -0.25) is 9.55 Å². The van der Waals surface area contributed by atoms with E-state index < -0.39 is 0 Å². The van der Waals surface area contributed by atoms with Crippen LogP contribution in [0.2, 0.25) is 0 Å². The van der Waals surface area contributed by atoms with Crippen molar-refractivity contribution in [2.45, 2.75) is 105 Å². The van der Waals surface area contributed by atoms with E-state index in [0.29, 0.717) is 5.82 Å². The Morgan fingerprint density at radius 3 is 1.61 bits per heavy atom. The van der Waals surface area contributed by atoms with Gasteiger partial charge in [-0.25, -0.2) is 4.98 Å². The highest BCUT2D eigenvalue weighted by Crippen LogP contribution is 2.46. The number of para-hydroxylation sites is 1. The zero-order valence-corrected chi connectivity index (χ0v) is 38.6. The Kier molecular flexibility index (Phi) is 10.7. The van der Waals surface area contributed by atoms with Gasteiger partial charge < -0.3 is 5.11 Å². The number of rotatable bonds is 6. The molecule has 2 aromatic heterocycles. The molecule has 314 valence electrons. The first kappa shape index (κ1) is 42.4. The molecule has 62 heavy (non-hydrogen) atoms. The van der Waals surface area contributed by atoms with Crippen LogP contribution in [0.15, 0.2) is 146 Å². The number of phenols is 1. The van der Waals surface area contributed by atoms with E-state index in [0.717, 1.165) is 72.5 Å². The van der Waals surface area contributed by atoms with E-state index >= 15 is 0 Å². The van der Waals surface area contributed by atoms with Crippen molar-refractivity contribution in [2.75, 3.05) is 0 Å². The number of aromatic nitrogens is 3. The van der Waals surface area contributed by atoms with Crippen molar-refractivity contribution in [3.05, 3.63) is 168 Å². The summed E-state index contributed by atoms with van der Waals surface area (Å²) in [5.41, 5.74) is 15.9. The largest absolute Gasteiger partial charge is 0.507 e. The minimum Gasteiger partial charge on any atom is -0.507 e. The molecule has 0 bridgehead atoms. The number of imidazole rings is 1. The molecule has 0 amide bonds. The molecule has 6 aromatic carbocycles. The Bertz CT molecular complexity index is 2930. The molecule has 0 unspecified atom stereocenters. The van der Waals surface area contributed by atoms with Crippen LogP contribution in [0.5, 0.6) is 5.75 Å². The molecule has 1 N–H and O–H groups in total. The minimum absolute atomic E-state index is 0.134. The lowest BCUT2D eigenvalue weighted by Gasteiger charge is -2.28. The Hall–Kier alpha value is -6.26. The average Bonchev–Trinajstić information content (AvgIpc) is 3.62. The van der Waals surface area contributed by atoms with Crippen molar-refractivity contribution < 1.29 is 5.11 Å². The van der Waals surface area contributed by atoms with E-state index in [-0.39, 0.29) is 27.4 Å². The van der Waals surface area contributed by atoms with Gasteiger partial charge in [0.05, 0.1) is 28.0 Å². The topological polar surface area (TPSA) is 50.9 Å². The molecule has 4 heteroatoms. The maximum absolute atomic E-state index is 12.5. The molecule has 0 spiro atoms. The summed E-state index contributed by atoms with van der Waals surface area (Å²) in [5.74, 6) is 0.979. The predicted octanol–water partition coefficient (Wildman–Crippen LogP) is 15.7. The second-order valence-electron chi connectivity index (χ2n) is 21.1. The molecule has 8 rings (SSSR count). The van der Waals surface area contributed by atoms with Crippen LogP contribution in [0.4, 0.5) is 0 Å². The van der Waals surface area contributed by atoms with Crippen molar-refractivity contribution in [1.29, 1.82) is 0 Å². The fraction of sp³-hybridized carbons (Fsp3) is 0.276. The molecular formula is C58H61N3O. The fourth-order valence-electron chi connectivity index (χ4n) is 8.47. The normalized spacial score (nSPS) is 12.6. The molecule has 8 aromatic rings. The number of benzene rings is 6. The van der Waals surface area contributed by atoms with Crippen LogP contribution >= 0.6 is 0 Å². The first-order chi connectivity index (χ1) is 29.2. The molecule has 0 saturated carbocycles. The number of aromatic hydroxyl groups is 1. The van der Waals surface area contributed by atoms with E-state index in [1.165, 1.54) is 16.7 Å². The Morgan fingerprint density at radius 2 is 1.02 bits per heavy atom. The quantitative estimate of drug-likeness (QED) is 0.182. The van der Waals surface area contributed by atoms with Crippen molar-refractivity contribution in [3.63, 3.8) is 0 Å². The second kappa shape index (κ2) is 15.6. The standard InChI is InChI=1S/C58H61N3O/c1-55(2,3)43-31-41(30-42(32-43)49-34-40(28-29-59-49)38-22-17-14-18-23-38)45-24-19-25-51-52(45)60-54(46-35-44(56(4,5)6)36-48(53(46)62)58(10,11)12)61(51)50-27-26-39(33-47(50)57(7,8)9)37-20-15-13-16-21-37/h13-36,62H,1-12H3. The SMILES string of the molecule is CC(C)(C)c1cc(-c2cc(-c3ccccc3)ccn2)cc(-c2cccc3c2nc(-c2cc(C(C)(C)C)cc(C(C)(C)C)c2O)n3-c2ccc(-c3ccccc3)cc2C(C)(C)C)c1. The smallest absolute Gasteiger partial charge is 0.149 e. The summed E-state index contributed by atoms with van der Waals surface area (Å²) in [4.78, 5) is 10.6. The highest BCUT2D eigenvalue weighted by Gasteiger charge is 2.30. The first-order valence-electron chi connectivity index (χ1n) is 22.0. The van der Waals surface area contributed by atoms with Gasteiger partial charge in [-0.1, -0.05) is 174 Å². The molecule has 0 fully saturated rings. The van der Waals surface area contributed by atoms with Crippen molar-refractivity contribution >= 4 is 11.0 Å². The second-order valence-corrected chi connectivity index (χ2v) is 21.1. The third kappa shape index (κ3) is 8.23. The summed E-state index contributed by atoms with van der Waals surface area (Å²) in [5, 5.41) is 12.5. The van der Waals surface area contributed by atoms with E-state index in [1.807, 2.05) is 12.3 Å². The predicted molar refractivity (Wildman–Crippen MR) is 263 cm³/mol. The van der Waals surface area contributed by atoms with Crippen LogP contribution < -0.4 is 0 Å². The molecule has 0 aliphatic rings. The van der Waals surface area contributed by atoms with E-state index in [1.54, 1.807) is 0 Å². The van der Waals surface area contributed by atoms with Gasteiger partial charge in [-0.2, -0.15) is 0 Å². The molecular weight excluding hydrogens is 755 g/mol. The van der Waals surface area contributed by atoms with Crippen LogP contribution in [-0.2, 0) is 21.7 Å². The summed E-state index contributed by atoms with van der Waals surface area (Å²) in [6.07, 6.45) is 1.91. The summed E-state index contributed by atoms with van der Waals surface area (Å²) < 4.78 is 2.31. The van der Waals surface area contributed by atoms with E-state index in [2.05, 4.69) is 221 Å². The molecule has 0 saturated heterocycles. The van der Waals surface area contributed by atoms with E-state index in [4.69, 9.17) is 9.97 Å². The Balaban J connectivity index is 1.45. The average molecular weight is 816 g/mol. The van der Waals surface area contributed by atoms with E-state index in [9.17, 15) is 5.11 Å². The summed E-state index contributed by atoms with van der Waals surface area (Å²) in [6.45, 7) is 26.9. The number of pyridine rings is 1. The van der Waals surface area contributed by atoms with Gasteiger partial charge in [-0.15, -0.1) is 0 Å². The number of hydrogen-bond donors (Lipinski definition) is 1. The third-order valence-electron chi connectivity index (χ3n) is 12.1.